The Kier molecular flexibility index (Phi) is 4.76. The van der Waals surface area contributed by atoms with Gasteiger partial charge in [0.2, 0.25) is 5.91 Å². The SMILES string of the molecule is O=C(CSC1=NCCS1)Nc1cccc(Cl)c1. The zero-order chi connectivity index (χ0) is 12.1. The molecular weight excluding hydrogens is 276 g/mol. The predicted molar refractivity (Wildman–Crippen MR) is 77.3 cm³/mol. The van der Waals surface area contributed by atoms with Gasteiger partial charge in [0.25, 0.3) is 0 Å². The molecule has 0 aliphatic carbocycles. The van der Waals surface area contributed by atoms with E-state index < -0.39 is 0 Å². The van der Waals surface area contributed by atoms with E-state index in [1.165, 1.54) is 11.8 Å². The second-order valence-electron chi connectivity index (χ2n) is 3.34. The maximum absolute atomic E-state index is 11.6. The third-order valence-corrected chi connectivity index (χ3v) is 4.48. The Bertz CT molecular complexity index is 451. The zero-order valence-corrected chi connectivity index (χ0v) is 11.4. The summed E-state index contributed by atoms with van der Waals surface area (Å²) < 4.78 is 1.01. The summed E-state index contributed by atoms with van der Waals surface area (Å²) in [7, 11) is 0. The highest BCUT2D eigenvalue weighted by molar-refractivity contribution is 8.39. The van der Waals surface area contributed by atoms with Crippen LogP contribution in [0.4, 0.5) is 5.69 Å². The molecule has 1 amide bonds. The highest BCUT2D eigenvalue weighted by Crippen LogP contribution is 2.22. The summed E-state index contributed by atoms with van der Waals surface area (Å²) in [6, 6.07) is 7.13. The topological polar surface area (TPSA) is 41.5 Å². The number of benzene rings is 1. The minimum absolute atomic E-state index is 0.0348. The van der Waals surface area contributed by atoms with E-state index in [4.69, 9.17) is 11.6 Å². The Morgan fingerprint density at radius 1 is 1.59 bits per heavy atom. The van der Waals surface area contributed by atoms with Crippen LogP contribution in [0.1, 0.15) is 0 Å². The molecular formula is C11H11ClN2OS2. The van der Waals surface area contributed by atoms with Crippen molar-refractivity contribution in [3.05, 3.63) is 29.3 Å². The second-order valence-corrected chi connectivity index (χ2v) is 6.09. The summed E-state index contributed by atoms with van der Waals surface area (Å²) in [6.07, 6.45) is 0. The molecule has 2 rings (SSSR count). The molecule has 0 bridgehead atoms. The van der Waals surface area contributed by atoms with Gasteiger partial charge in [-0.05, 0) is 18.2 Å². The number of rotatable bonds is 3. The maximum Gasteiger partial charge on any atom is 0.234 e. The smallest absolute Gasteiger partial charge is 0.234 e. The summed E-state index contributed by atoms with van der Waals surface area (Å²) in [5.74, 6) is 1.38. The van der Waals surface area contributed by atoms with Gasteiger partial charge in [0.15, 0.2) is 0 Å². The first-order valence-electron chi connectivity index (χ1n) is 5.09. The number of aliphatic imine (C=N–C) groups is 1. The molecule has 1 aliphatic rings. The van der Waals surface area contributed by atoms with E-state index >= 15 is 0 Å². The van der Waals surface area contributed by atoms with Gasteiger partial charge in [-0.25, -0.2) is 0 Å². The molecule has 0 saturated carbocycles. The average Bonchev–Trinajstić information content (AvgIpc) is 2.79. The van der Waals surface area contributed by atoms with Gasteiger partial charge in [0.05, 0.1) is 12.3 Å². The van der Waals surface area contributed by atoms with Crippen LogP contribution < -0.4 is 5.32 Å². The molecule has 0 atom stereocenters. The number of carbonyl (C=O) groups is 1. The molecule has 1 N–H and O–H groups in total. The van der Waals surface area contributed by atoms with Crippen molar-refractivity contribution in [1.82, 2.24) is 0 Å². The maximum atomic E-state index is 11.6. The van der Waals surface area contributed by atoms with Crippen LogP contribution in [0.25, 0.3) is 0 Å². The molecule has 0 spiro atoms. The van der Waals surface area contributed by atoms with Gasteiger partial charge in [-0.1, -0.05) is 41.2 Å². The molecule has 0 aromatic heterocycles. The number of carbonyl (C=O) groups excluding carboxylic acids is 1. The fraction of sp³-hybridized carbons (Fsp3) is 0.273. The third-order valence-electron chi connectivity index (χ3n) is 1.99. The molecule has 6 heteroatoms. The number of hydrogen-bond acceptors (Lipinski definition) is 4. The fourth-order valence-corrected chi connectivity index (χ4v) is 3.29. The number of halogens is 1. The van der Waals surface area contributed by atoms with Crippen LogP contribution in [0, 0.1) is 0 Å². The molecule has 17 heavy (non-hydrogen) atoms. The Morgan fingerprint density at radius 2 is 2.47 bits per heavy atom. The molecule has 1 heterocycles. The van der Waals surface area contributed by atoms with Crippen molar-refractivity contribution in [3.8, 4) is 0 Å². The van der Waals surface area contributed by atoms with Gasteiger partial charge in [0, 0.05) is 16.5 Å². The van der Waals surface area contributed by atoms with Crippen LogP contribution >= 0.6 is 35.1 Å². The number of nitrogens with one attached hydrogen (secondary N) is 1. The Morgan fingerprint density at radius 3 is 3.18 bits per heavy atom. The minimum Gasteiger partial charge on any atom is -0.325 e. The molecule has 1 aliphatic heterocycles. The van der Waals surface area contributed by atoms with Gasteiger partial charge < -0.3 is 5.32 Å². The first-order valence-corrected chi connectivity index (χ1v) is 7.44. The monoisotopic (exact) mass is 286 g/mol. The third kappa shape index (κ3) is 4.26. The van der Waals surface area contributed by atoms with Gasteiger partial charge in [-0.15, -0.1) is 0 Å². The molecule has 3 nitrogen and oxygen atoms in total. The lowest BCUT2D eigenvalue weighted by molar-refractivity contribution is -0.113. The summed E-state index contributed by atoms with van der Waals surface area (Å²) >= 11 is 9.02. The van der Waals surface area contributed by atoms with Crippen molar-refractivity contribution in [1.29, 1.82) is 0 Å². The van der Waals surface area contributed by atoms with E-state index in [9.17, 15) is 4.79 Å². The van der Waals surface area contributed by atoms with Crippen LogP contribution in [0.15, 0.2) is 29.3 Å². The highest BCUT2D eigenvalue weighted by Gasteiger charge is 2.10. The fourth-order valence-electron chi connectivity index (χ4n) is 1.29. The van der Waals surface area contributed by atoms with Crippen molar-refractivity contribution < 1.29 is 4.79 Å². The normalized spacial score (nSPS) is 14.5. The van der Waals surface area contributed by atoms with Crippen LogP contribution in [0.5, 0.6) is 0 Å². The molecule has 0 unspecified atom stereocenters. The van der Waals surface area contributed by atoms with Crippen LogP contribution in [0.2, 0.25) is 5.02 Å². The minimum atomic E-state index is -0.0348. The molecule has 1 aromatic carbocycles. The van der Waals surface area contributed by atoms with E-state index in [0.717, 1.165) is 22.4 Å². The predicted octanol–water partition coefficient (Wildman–Crippen LogP) is 3.11. The number of anilines is 1. The lowest BCUT2D eigenvalue weighted by Gasteiger charge is -2.04. The summed E-state index contributed by atoms with van der Waals surface area (Å²) in [5.41, 5.74) is 0.726. The summed E-state index contributed by atoms with van der Waals surface area (Å²) in [4.78, 5) is 15.9. The summed E-state index contributed by atoms with van der Waals surface area (Å²) in [5, 5.41) is 3.42. The van der Waals surface area contributed by atoms with E-state index in [1.54, 1.807) is 23.9 Å². The van der Waals surface area contributed by atoms with E-state index in [2.05, 4.69) is 10.3 Å². The zero-order valence-electron chi connectivity index (χ0n) is 8.98. The molecule has 0 fully saturated rings. The summed E-state index contributed by atoms with van der Waals surface area (Å²) in [6.45, 7) is 0.864. The van der Waals surface area contributed by atoms with Gasteiger partial charge in [-0.2, -0.15) is 0 Å². The highest BCUT2D eigenvalue weighted by atomic mass is 35.5. The van der Waals surface area contributed by atoms with Crippen molar-refractivity contribution in [2.45, 2.75) is 0 Å². The van der Waals surface area contributed by atoms with Gasteiger partial charge >= 0.3 is 0 Å². The Hall–Kier alpha value is -0.650. The van der Waals surface area contributed by atoms with E-state index in [-0.39, 0.29) is 5.91 Å². The molecule has 1 aromatic rings. The number of nitrogens with zero attached hydrogens (tertiary/aromatic N) is 1. The Labute approximate surface area is 113 Å². The molecule has 0 saturated heterocycles. The molecule has 90 valence electrons. The van der Waals surface area contributed by atoms with Crippen molar-refractivity contribution in [2.75, 3.05) is 23.4 Å². The van der Waals surface area contributed by atoms with Crippen LogP contribution in [-0.2, 0) is 4.79 Å². The lowest BCUT2D eigenvalue weighted by atomic mass is 10.3. The van der Waals surface area contributed by atoms with Crippen molar-refractivity contribution >= 4 is 51.1 Å². The first kappa shape index (κ1) is 12.8. The van der Waals surface area contributed by atoms with Crippen LogP contribution in [-0.4, -0.2) is 28.3 Å². The van der Waals surface area contributed by atoms with Crippen molar-refractivity contribution in [3.63, 3.8) is 0 Å². The number of thioether (sulfide) groups is 2. The van der Waals surface area contributed by atoms with E-state index in [1.807, 2.05) is 12.1 Å². The number of hydrogen-bond donors (Lipinski definition) is 1. The molecule has 0 radical (unpaired) electrons. The van der Waals surface area contributed by atoms with Crippen molar-refractivity contribution in [2.24, 2.45) is 4.99 Å². The largest absolute Gasteiger partial charge is 0.325 e. The average molecular weight is 287 g/mol. The second kappa shape index (κ2) is 6.33. The number of amides is 1. The van der Waals surface area contributed by atoms with Crippen LogP contribution in [0.3, 0.4) is 0 Å². The Balaban J connectivity index is 1.80. The standard InChI is InChI=1S/C11H11ClN2OS2/c12-8-2-1-3-9(6-8)14-10(15)7-17-11-13-4-5-16-11/h1-3,6H,4-5,7H2,(H,14,15). The first-order chi connectivity index (χ1) is 8.24. The van der Waals surface area contributed by atoms with Gasteiger partial charge in [0.1, 0.15) is 4.38 Å². The quantitative estimate of drug-likeness (QED) is 0.928. The lowest BCUT2D eigenvalue weighted by Crippen LogP contribution is -2.14. The van der Waals surface area contributed by atoms with E-state index in [0.29, 0.717) is 10.8 Å². The van der Waals surface area contributed by atoms with Gasteiger partial charge in [-0.3, -0.25) is 9.79 Å².